The van der Waals surface area contributed by atoms with E-state index in [0.717, 1.165) is 41.2 Å². The zero-order chi connectivity index (χ0) is 13.1. The number of nitrogen functional groups attached to an aromatic ring is 1. The van der Waals surface area contributed by atoms with Gasteiger partial charge >= 0.3 is 0 Å². The summed E-state index contributed by atoms with van der Waals surface area (Å²) in [5, 5.41) is 5.29. The number of unbranched alkanes of at least 4 members (excludes halogenated alkanes) is 1. The molecule has 2 N–H and O–H groups in total. The van der Waals surface area contributed by atoms with Crippen molar-refractivity contribution in [3.63, 3.8) is 0 Å². The number of hydrogen-bond acceptors (Lipinski definition) is 2. The van der Waals surface area contributed by atoms with Crippen molar-refractivity contribution in [3.8, 4) is 5.69 Å². The molecule has 2 aromatic rings. The molecule has 0 saturated carbocycles. The van der Waals surface area contributed by atoms with Crippen molar-refractivity contribution in [3.05, 3.63) is 40.5 Å². The summed E-state index contributed by atoms with van der Waals surface area (Å²) in [5.41, 5.74) is 9.00. The monoisotopic (exact) mass is 263 g/mol. The van der Waals surface area contributed by atoms with Crippen LogP contribution in [0.1, 0.15) is 31.0 Å². The Hall–Kier alpha value is -1.48. The summed E-state index contributed by atoms with van der Waals surface area (Å²) in [5.74, 6) is 0.659. The molecule has 18 heavy (non-hydrogen) atoms. The van der Waals surface area contributed by atoms with Crippen molar-refractivity contribution in [1.82, 2.24) is 9.78 Å². The Labute approximate surface area is 113 Å². The summed E-state index contributed by atoms with van der Waals surface area (Å²) in [6.45, 7) is 4.14. The van der Waals surface area contributed by atoms with Crippen molar-refractivity contribution in [2.75, 3.05) is 5.73 Å². The number of aryl methyl sites for hydroxylation is 1. The lowest BCUT2D eigenvalue weighted by molar-refractivity contribution is 0.752. The lowest BCUT2D eigenvalue weighted by Gasteiger charge is -2.08. The average Bonchev–Trinajstić information content (AvgIpc) is 2.71. The van der Waals surface area contributed by atoms with E-state index >= 15 is 0 Å². The average molecular weight is 264 g/mol. The van der Waals surface area contributed by atoms with Gasteiger partial charge in [-0.3, -0.25) is 0 Å². The number of benzene rings is 1. The zero-order valence-corrected chi connectivity index (χ0v) is 11.5. The first-order valence-corrected chi connectivity index (χ1v) is 6.61. The van der Waals surface area contributed by atoms with Gasteiger partial charge in [-0.15, -0.1) is 0 Å². The number of hydrogen-bond donors (Lipinski definition) is 1. The SMILES string of the molecule is CCCCc1cc(N)n(-c2cccc(Cl)c2C)n1. The quantitative estimate of drug-likeness (QED) is 0.913. The van der Waals surface area contributed by atoms with Crippen LogP contribution in [0.4, 0.5) is 5.82 Å². The molecule has 0 spiro atoms. The number of rotatable bonds is 4. The Kier molecular flexibility index (Phi) is 3.92. The summed E-state index contributed by atoms with van der Waals surface area (Å²) < 4.78 is 1.77. The maximum atomic E-state index is 6.12. The Morgan fingerprint density at radius 3 is 2.89 bits per heavy atom. The highest BCUT2D eigenvalue weighted by Gasteiger charge is 2.10. The van der Waals surface area contributed by atoms with Crippen LogP contribution in [0.5, 0.6) is 0 Å². The summed E-state index contributed by atoms with van der Waals surface area (Å²) in [7, 11) is 0. The molecule has 0 aliphatic heterocycles. The van der Waals surface area contributed by atoms with E-state index in [0.29, 0.717) is 5.82 Å². The van der Waals surface area contributed by atoms with Gasteiger partial charge in [-0.1, -0.05) is 31.0 Å². The minimum atomic E-state index is 0.659. The molecule has 0 saturated heterocycles. The predicted octanol–water partition coefficient (Wildman–Crippen LogP) is 3.76. The molecule has 0 bridgehead atoms. The Morgan fingerprint density at radius 2 is 2.17 bits per heavy atom. The van der Waals surface area contributed by atoms with E-state index in [9.17, 15) is 0 Å². The highest BCUT2D eigenvalue weighted by molar-refractivity contribution is 6.31. The fourth-order valence-corrected chi connectivity index (χ4v) is 2.12. The van der Waals surface area contributed by atoms with Crippen LogP contribution in [0.25, 0.3) is 5.69 Å². The maximum absolute atomic E-state index is 6.12. The molecule has 1 heterocycles. The molecule has 0 radical (unpaired) electrons. The van der Waals surface area contributed by atoms with Gasteiger partial charge < -0.3 is 5.73 Å². The zero-order valence-electron chi connectivity index (χ0n) is 10.8. The standard InChI is InChI=1S/C14H18ClN3/c1-3-4-6-11-9-14(16)18(17-11)13-8-5-7-12(15)10(13)2/h5,7-9H,3-4,6,16H2,1-2H3. The summed E-state index contributed by atoms with van der Waals surface area (Å²) in [6, 6.07) is 7.71. The largest absolute Gasteiger partial charge is 0.384 e. The second kappa shape index (κ2) is 5.44. The van der Waals surface area contributed by atoms with Crippen LogP contribution in [0.15, 0.2) is 24.3 Å². The minimum absolute atomic E-state index is 0.659. The Bertz CT molecular complexity index is 546. The minimum Gasteiger partial charge on any atom is -0.384 e. The first kappa shape index (κ1) is 13.0. The molecular formula is C14H18ClN3. The topological polar surface area (TPSA) is 43.8 Å². The summed E-state index contributed by atoms with van der Waals surface area (Å²) in [6.07, 6.45) is 3.25. The van der Waals surface area contributed by atoms with Crippen LogP contribution < -0.4 is 5.73 Å². The van der Waals surface area contributed by atoms with Gasteiger partial charge in [-0.25, -0.2) is 4.68 Å². The van der Waals surface area contributed by atoms with E-state index in [2.05, 4.69) is 12.0 Å². The summed E-state index contributed by atoms with van der Waals surface area (Å²) in [4.78, 5) is 0. The van der Waals surface area contributed by atoms with Crippen molar-refractivity contribution in [2.24, 2.45) is 0 Å². The molecule has 0 fully saturated rings. The molecule has 0 amide bonds. The van der Waals surface area contributed by atoms with E-state index in [4.69, 9.17) is 17.3 Å². The second-order valence-corrected chi connectivity index (χ2v) is 4.87. The third kappa shape index (κ3) is 2.51. The van der Waals surface area contributed by atoms with Crippen molar-refractivity contribution >= 4 is 17.4 Å². The van der Waals surface area contributed by atoms with Crippen molar-refractivity contribution < 1.29 is 0 Å². The fraction of sp³-hybridized carbons (Fsp3) is 0.357. The van der Waals surface area contributed by atoms with Gasteiger partial charge in [0, 0.05) is 11.1 Å². The maximum Gasteiger partial charge on any atom is 0.127 e. The lowest BCUT2D eigenvalue weighted by atomic mass is 10.2. The molecular weight excluding hydrogens is 246 g/mol. The molecule has 4 heteroatoms. The highest BCUT2D eigenvalue weighted by Crippen LogP contribution is 2.24. The van der Waals surface area contributed by atoms with Gasteiger partial charge in [0.25, 0.3) is 0 Å². The second-order valence-electron chi connectivity index (χ2n) is 4.46. The van der Waals surface area contributed by atoms with Gasteiger partial charge in [0.1, 0.15) is 5.82 Å². The van der Waals surface area contributed by atoms with E-state index in [1.54, 1.807) is 4.68 Å². The van der Waals surface area contributed by atoms with Crippen molar-refractivity contribution in [1.29, 1.82) is 0 Å². The van der Waals surface area contributed by atoms with Crippen LogP contribution in [0.2, 0.25) is 5.02 Å². The van der Waals surface area contributed by atoms with E-state index in [1.807, 2.05) is 31.2 Å². The molecule has 0 unspecified atom stereocenters. The normalized spacial score (nSPS) is 10.8. The van der Waals surface area contributed by atoms with Crippen LogP contribution in [-0.4, -0.2) is 9.78 Å². The summed E-state index contributed by atoms with van der Waals surface area (Å²) >= 11 is 6.12. The number of nitrogens with zero attached hydrogens (tertiary/aromatic N) is 2. The molecule has 2 rings (SSSR count). The van der Waals surface area contributed by atoms with E-state index < -0.39 is 0 Å². The molecule has 1 aromatic heterocycles. The van der Waals surface area contributed by atoms with Crippen LogP contribution >= 0.6 is 11.6 Å². The van der Waals surface area contributed by atoms with E-state index in [1.165, 1.54) is 0 Å². The van der Waals surface area contributed by atoms with Crippen molar-refractivity contribution in [2.45, 2.75) is 33.1 Å². The van der Waals surface area contributed by atoms with Gasteiger partial charge in [0.2, 0.25) is 0 Å². The van der Waals surface area contributed by atoms with Crippen LogP contribution in [-0.2, 0) is 6.42 Å². The first-order valence-electron chi connectivity index (χ1n) is 6.23. The predicted molar refractivity (Wildman–Crippen MR) is 76.3 cm³/mol. The third-order valence-electron chi connectivity index (χ3n) is 3.04. The van der Waals surface area contributed by atoms with Gasteiger partial charge in [0.15, 0.2) is 0 Å². The lowest BCUT2D eigenvalue weighted by Crippen LogP contribution is -2.04. The first-order chi connectivity index (χ1) is 8.63. The highest BCUT2D eigenvalue weighted by atomic mass is 35.5. The molecule has 0 aliphatic carbocycles. The molecule has 3 nitrogen and oxygen atoms in total. The smallest absolute Gasteiger partial charge is 0.127 e. The molecule has 0 aliphatic rings. The molecule has 96 valence electrons. The number of aromatic nitrogens is 2. The third-order valence-corrected chi connectivity index (χ3v) is 3.45. The Balaban J connectivity index is 2.38. The number of nitrogens with two attached hydrogens (primary N) is 1. The molecule has 1 aromatic carbocycles. The molecule has 0 atom stereocenters. The van der Waals surface area contributed by atoms with Crippen LogP contribution in [0, 0.1) is 6.92 Å². The number of halogens is 1. The Morgan fingerprint density at radius 1 is 1.39 bits per heavy atom. The van der Waals surface area contributed by atoms with Gasteiger partial charge in [-0.05, 0) is 37.5 Å². The van der Waals surface area contributed by atoms with Gasteiger partial charge in [-0.2, -0.15) is 5.10 Å². The van der Waals surface area contributed by atoms with Crippen LogP contribution in [0.3, 0.4) is 0 Å². The van der Waals surface area contributed by atoms with Gasteiger partial charge in [0.05, 0.1) is 11.4 Å². The fourth-order valence-electron chi connectivity index (χ4n) is 1.95. The van der Waals surface area contributed by atoms with E-state index in [-0.39, 0.29) is 0 Å². The number of anilines is 1.